The highest BCUT2D eigenvalue weighted by Gasteiger charge is 2.32. The number of hydrogen-bond acceptors (Lipinski definition) is 3. The molecule has 18 heavy (non-hydrogen) atoms. The van der Waals surface area contributed by atoms with Gasteiger partial charge in [0.25, 0.3) is 0 Å². The summed E-state index contributed by atoms with van der Waals surface area (Å²) < 4.78 is 37.3. The SMILES string of the molecule is CN(C(=O)O)c1cc(C(F)(F)F)cnc1N=[N+]=[N-]. The molecule has 0 fully saturated rings. The van der Waals surface area contributed by atoms with Crippen LogP contribution in [0.5, 0.6) is 0 Å². The van der Waals surface area contributed by atoms with E-state index in [2.05, 4.69) is 15.0 Å². The van der Waals surface area contributed by atoms with E-state index in [0.717, 1.165) is 7.05 Å². The number of carbonyl (C=O) groups is 1. The Bertz CT molecular complexity index is 524. The molecule has 0 radical (unpaired) electrons. The number of nitrogens with zero attached hydrogens (tertiary/aromatic N) is 5. The number of aromatic nitrogens is 1. The van der Waals surface area contributed by atoms with Crippen molar-refractivity contribution in [3.05, 3.63) is 28.3 Å². The molecule has 1 aromatic heterocycles. The summed E-state index contributed by atoms with van der Waals surface area (Å²) in [4.78, 5) is 16.8. The van der Waals surface area contributed by atoms with E-state index in [1.54, 1.807) is 0 Å². The lowest BCUT2D eigenvalue weighted by atomic mass is 10.2. The number of halogens is 3. The van der Waals surface area contributed by atoms with Gasteiger partial charge < -0.3 is 5.11 Å². The molecule has 1 amide bonds. The first-order chi connectivity index (χ1) is 8.27. The van der Waals surface area contributed by atoms with E-state index >= 15 is 0 Å². The van der Waals surface area contributed by atoms with E-state index in [1.807, 2.05) is 0 Å². The minimum Gasteiger partial charge on any atom is -0.465 e. The number of rotatable bonds is 2. The number of pyridine rings is 1. The number of hydrogen-bond donors (Lipinski definition) is 1. The molecule has 0 bridgehead atoms. The zero-order chi connectivity index (χ0) is 13.9. The quantitative estimate of drug-likeness (QED) is 0.502. The molecule has 1 heterocycles. The summed E-state index contributed by atoms with van der Waals surface area (Å²) in [5, 5.41) is 11.7. The maximum atomic E-state index is 12.4. The Morgan fingerprint density at radius 1 is 1.61 bits per heavy atom. The van der Waals surface area contributed by atoms with Gasteiger partial charge in [-0.25, -0.2) is 4.79 Å². The van der Waals surface area contributed by atoms with Gasteiger partial charge in [-0.15, -0.1) is 0 Å². The predicted octanol–water partition coefficient (Wildman–Crippen LogP) is 3.16. The molecule has 0 saturated heterocycles. The van der Waals surface area contributed by atoms with Crippen molar-refractivity contribution < 1.29 is 23.1 Å². The van der Waals surface area contributed by atoms with Crippen LogP contribution >= 0.6 is 0 Å². The summed E-state index contributed by atoms with van der Waals surface area (Å²) >= 11 is 0. The fraction of sp³-hybridized carbons (Fsp3) is 0.250. The molecule has 0 aliphatic carbocycles. The van der Waals surface area contributed by atoms with Gasteiger partial charge in [-0.1, -0.05) is 0 Å². The summed E-state index contributed by atoms with van der Waals surface area (Å²) in [5.74, 6) is -0.449. The van der Waals surface area contributed by atoms with E-state index in [-0.39, 0.29) is 0 Å². The summed E-state index contributed by atoms with van der Waals surface area (Å²) in [5.41, 5.74) is 6.64. The average molecular weight is 261 g/mol. The molecule has 0 aliphatic heterocycles. The van der Waals surface area contributed by atoms with Crippen molar-refractivity contribution in [3.8, 4) is 0 Å². The van der Waals surface area contributed by atoms with Crippen molar-refractivity contribution in [2.24, 2.45) is 5.11 Å². The molecule has 0 aliphatic rings. The van der Waals surface area contributed by atoms with Crippen molar-refractivity contribution in [1.82, 2.24) is 4.98 Å². The first-order valence-corrected chi connectivity index (χ1v) is 4.36. The van der Waals surface area contributed by atoms with Crippen molar-refractivity contribution in [2.45, 2.75) is 6.18 Å². The van der Waals surface area contributed by atoms with Gasteiger partial charge in [0.15, 0.2) is 5.82 Å². The van der Waals surface area contributed by atoms with Gasteiger partial charge in [0.2, 0.25) is 0 Å². The largest absolute Gasteiger partial charge is 0.465 e. The Balaban J connectivity index is 3.42. The van der Waals surface area contributed by atoms with Gasteiger partial charge in [-0.05, 0) is 16.7 Å². The fourth-order valence-electron chi connectivity index (χ4n) is 1.07. The third-order valence-electron chi connectivity index (χ3n) is 1.96. The number of anilines is 1. The third-order valence-corrected chi connectivity index (χ3v) is 1.96. The maximum Gasteiger partial charge on any atom is 0.417 e. The highest BCUT2D eigenvalue weighted by Crippen LogP contribution is 2.34. The Kier molecular flexibility index (Phi) is 3.62. The molecule has 0 spiro atoms. The lowest BCUT2D eigenvalue weighted by Crippen LogP contribution is -2.24. The summed E-state index contributed by atoms with van der Waals surface area (Å²) in [7, 11) is 1.01. The van der Waals surface area contributed by atoms with Gasteiger partial charge in [0.05, 0.1) is 11.3 Å². The van der Waals surface area contributed by atoms with Crippen LogP contribution in [0.3, 0.4) is 0 Å². The molecule has 7 nitrogen and oxygen atoms in total. The first kappa shape index (κ1) is 13.6. The van der Waals surface area contributed by atoms with Crippen molar-refractivity contribution in [2.75, 3.05) is 11.9 Å². The topological polar surface area (TPSA) is 102 Å². The van der Waals surface area contributed by atoms with Crippen LogP contribution in [0, 0.1) is 0 Å². The predicted molar refractivity (Wildman–Crippen MR) is 54.5 cm³/mol. The second-order valence-electron chi connectivity index (χ2n) is 3.10. The lowest BCUT2D eigenvalue weighted by molar-refractivity contribution is -0.137. The summed E-state index contributed by atoms with van der Waals surface area (Å²) in [6.07, 6.45) is -5.72. The van der Waals surface area contributed by atoms with Gasteiger partial charge >= 0.3 is 12.3 Å². The van der Waals surface area contributed by atoms with Gasteiger partial charge in [-0.2, -0.15) is 13.2 Å². The number of carboxylic acid groups (broad SMARTS) is 1. The molecule has 0 saturated carbocycles. The Morgan fingerprint density at radius 3 is 2.67 bits per heavy atom. The smallest absolute Gasteiger partial charge is 0.417 e. The molecule has 0 aromatic carbocycles. The van der Waals surface area contributed by atoms with Crippen molar-refractivity contribution >= 4 is 17.6 Å². The molecular formula is C8H6F3N5O2. The van der Waals surface area contributed by atoms with Crippen molar-refractivity contribution in [3.63, 3.8) is 0 Å². The zero-order valence-corrected chi connectivity index (χ0v) is 8.88. The Labute approximate surface area is 98.1 Å². The van der Waals surface area contributed by atoms with Gasteiger partial charge in [0.1, 0.15) is 0 Å². The highest BCUT2D eigenvalue weighted by molar-refractivity contribution is 5.88. The van der Waals surface area contributed by atoms with Gasteiger partial charge in [0, 0.05) is 18.2 Å². The van der Waals surface area contributed by atoms with Crippen LogP contribution < -0.4 is 4.90 Å². The standard InChI is InChI=1S/C8H6F3N5O2/c1-16(7(17)18)5-2-4(8(9,10)11)3-13-6(5)14-15-12/h2-3H,1H3,(H,17,18). The van der Waals surface area contributed by atoms with Crippen LogP contribution in [0.25, 0.3) is 10.4 Å². The van der Waals surface area contributed by atoms with Crippen LogP contribution in [-0.4, -0.2) is 23.2 Å². The number of alkyl halides is 3. The maximum absolute atomic E-state index is 12.4. The molecule has 1 N–H and O–H groups in total. The van der Waals surface area contributed by atoms with E-state index in [4.69, 9.17) is 10.6 Å². The molecule has 0 unspecified atom stereocenters. The number of azide groups is 1. The van der Waals surface area contributed by atoms with E-state index in [9.17, 15) is 18.0 Å². The van der Waals surface area contributed by atoms with E-state index in [1.165, 1.54) is 0 Å². The molecule has 1 aromatic rings. The Morgan fingerprint density at radius 2 is 2.22 bits per heavy atom. The first-order valence-electron chi connectivity index (χ1n) is 4.36. The van der Waals surface area contributed by atoms with E-state index in [0.29, 0.717) is 17.2 Å². The number of amides is 1. The minimum absolute atomic E-state index is 0.449. The monoisotopic (exact) mass is 261 g/mol. The second-order valence-corrected chi connectivity index (χ2v) is 3.10. The third kappa shape index (κ3) is 2.80. The van der Waals surface area contributed by atoms with E-state index < -0.39 is 29.3 Å². The minimum atomic E-state index is -4.67. The zero-order valence-electron chi connectivity index (χ0n) is 8.88. The molecule has 96 valence electrons. The summed E-state index contributed by atoms with van der Waals surface area (Å²) in [6, 6.07) is 0.547. The fourth-order valence-corrected chi connectivity index (χ4v) is 1.07. The second kappa shape index (κ2) is 4.80. The van der Waals surface area contributed by atoms with Crippen molar-refractivity contribution in [1.29, 1.82) is 0 Å². The average Bonchev–Trinajstić information content (AvgIpc) is 2.27. The molecule has 0 atom stereocenters. The van der Waals surface area contributed by atoms with Gasteiger partial charge in [-0.3, -0.25) is 9.88 Å². The lowest BCUT2D eigenvalue weighted by Gasteiger charge is -2.16. The summed E-state index contributed by atoms with van der Waals surface area (Å²) in [6.45, 7) is 0. The van der Waals surface area contributed by atoms with Crippen LogP contribution in [-0.2, 0) is 6.18 Å². The molecule has 1 rings (SSSR count). The van der Waals surface area contributed by atoms with Crippen LogP contribution in [0.1, 0.15) is 5.56 Å². The van der Waals surface area contributed by atoms with Crippen LogP contribution in [0.4, 0.5) is 29.5 Å². The molecular weight excluding hydrogens is 255 g/mol. The van der Waals surface area contributed by atoms with Crippen LogP contribution in [0.15, 0.2) is 17.4 Å². The Hall–Kier alpha value is -2.48. The highest BCUT2D eigenvalue weighted by atomic mass is 19.4. The van der Waals surface area contributed by atoms with Crippen LogP contribution in [0.2, 0.25) is 0 Å². The molecule has 10 heteroatoms. The normalized spacial score (nSPS) is 10.7.